The number of benzene rings is 1. The van der Waals surface area contributed by atoms with Crippen molar-refractivity contribution in [3.05, 3.63) is 47.6 Å². The summed E-state index contributed by atoms with van der Waals surface area (Å²) >= 11 is 1.50. The van der Waals surface area contributed by atoms with Crippen molar-refractivity contribution < 1.29 is 19.1 Å². The number of methoxy groups -OCH3 is 1. The highest BCUT2D eigenvalue weighted by Gasteiger charge is 2.22. The average Bonchev–Trinajstić information content (AvgIpc) is 3.35. The molecule has 1 aromatic carbocycles. The van der Waals surface area contributed by atoms with Gasteiger partial charge in [-0.2, -0.15) is 0 Å². The van der Waals surface area contributed by atoms with Gasteiger partial charge in [-0.25, -0.2) is 4.98 Å². The Morgan fingerprint density at radius 3 is 2.74 bits per heavy atom. The predicted molar refractivity (Wildman–Crippen MR) is 132 cm³/mol. The predicted octanol–water partition coefficient (Wildman–Crippen LogP) is 4.48. The summed E-state index contributed by atoms with van der Waals surface area (Å²) in [5, 5.41) is 4.84. The van der Waals surface area contributed by atoms with Gasteiger partial charge in [-0.1, -0.05) is 19.4 Å². The van der Waals surface area contributed by atoms with Crippen molar-refractivity contribution in [2.24, 2.45) is 0 Å². The van der Waals surface area contributed by atoms with E-state index in [1.165, 1.54) is 11.3 Å². The lowest BCUT2D eigenvalue weighted by Crippen LogP contribution is -2.40. The first-order valence-corrected chi connectivity index (χ1v) is 12.2. The Hall–Kier alpha value is -3.30. The van der Waals surface area contributed by atoms with Gasteiger partial charge in [0.15, 0.2) is 0 Å². The Morgan fingerprint density at radius 1 is 1.18 bits per heavy atom. The summed E-state index contributed by atoms with van der Waals surface area (Å²) in [6, 6.07) is 7.36. The van der Waals surface area contributed by atoms with Crippen molar-refractivity contribution in [3.8, 4) is 27.6 Å². The molecule has 1 saturated heterocycles. The smallest absolute Gasteiger partial charge is 0.257 e. The third kappa shape index (κ3) is 5.60. The highest BCUT2D eigenvalue weighted by molar-refractivity contribution is 7.14. The van der Waals surface area contributed by atoms with Crippen LogP contribution in [-0.2, 0) is 9.53 Å². The Bertz CT molecular complexity index is 1160. The van der Waals surface area contributed by atoms with E-state index in [0.29, 0.717) is 55.4 Å². The third-order valence-electron chi connectivity index (χ3n) is 5.55. The molecule has 0 aliphatic carbocycles. The van der Waals surface area contributed by atoms with Crippen LogP contribution in [0, 0.1) is 0 Å². The highest BCUT2D eigenvalue weighted by Crippen LogP contribution is 2.31. The molecule has 2 amide bonds. The topological polar surface area (TPSA) is 93.7 Å². The van der Waals surface area contributed by atoms with Crippen LogP contribution in [0.5, 0.6) is 5.75 Å². The van der Waals surface area contributed by atoms with Crippen LogP contribution >= 0.6 is 11.3 Å². The SMILES string of the molecule is CCCCC(=O)Nc1csc(-c2cncc(-c3ccc(C(=O)N4CCOCC4)c(OC)c3)n2)c1. The van der Waals surface area contributed by atoms with Crippen molar-refractivity contribution in [1.29, 1.82) is 0 Å². The summed E-state index contributed by atoms with van der Waals surface area (Å²) < 4.78 is 10.9. The lowest BCUT2D eigenvalue weighted by Gasteiger charge is -2.27. The molecular weight excluding hydrogens is 452 g/mol. The maximum Gasteiger partial charge on any atom is 0.257 e. The first kappa shape index (κ1) is 23.8. The Labute approximate surface area is 202 Å². The number of morpholine rings is 1. The quantitative estimate of drug-likeness (QED) is 0.511. The van der Waals surface area contributed by atoms with E-state index >= 15 is 0 Å². The number of rotatable bonds is 8. The maximum absolute atomic E-state index is 12.9. The number of unbranched alkanes of at least 4 members (excludes halogenated alkanes) is 1. The van der Waals surface area contributed by atoms with Crippen LogP contribution in [0.3, 0.4) is 0 Å². The van der Waals surface area contributed by atoms with Crippen LogP contribution in [0.25, 0.3) is 21.8 Å². The average molecular weight is 481 g/mol. The third-order valence-corrected chi connectivity index (χ3v) is 6.51. The van der Waals surface area contributed by atoms with Crippen molar-refractivity contribution in [3.63, 3.8) is 0 Å². The van der Waals surface area contributed by atoms with Crippen LogP contribution in [0.1, 0.15) is 36.5 Å². The van der Waals surface area contributed by atoms with Gasteiger partial charge in [0.1, 0.15) is 5.75 Å². The highest BCUT2D eigenvalue weighted by atomic mass is 32.1. The van der Waals surface area contributed by atoms with Gasteiger partial charge < -0.3 is 19.7 Å². The molecule has 0 atom stereocenters. The zero-order chi connectivity index (χ0) is 23.9. The fraction of sp³-hybridized carbons (Fsp3) is 0.360. The molecule has 0 saturated carbocycles. The molecule has 2 aromatic heterocycles. The molecule has 1 fully saturated rings. The van der Waals surface area contributed by atoms with E-state index < -0.39 is 0 Å². The second-order valence-corrected chi connectivity index (χ2v) is 8.87. The minimum Gasteiger partial charge on any atom is -0.496 e. The standard InChI is InChI=1S/C25H28N4O4S/c1-3-4-5-24(30)27-18-13-23(34-16-18)21-15-26-14-20(28-21)17-6-7-19(22(12-17)32-2)25(31)29-8-10-33-11-9-29/h6-7,12-16H,3-5,8-11H2,1-2H3,(H,27,30). The molecule has 3 aromatic rings. The molecule has 4 rings (SSSR count). The number of anilines is 1. The number of amides is 2. The first-order chi connectivity index (χ1) is 16.6. The number of carbonyl (C=O) groups is 2. The maximum atomic E-state index is 12.9. The van der Waals surface area contributed by atoms with Gasteiger partial charge in [0.05, 0.1) is 60.2 Å². The van der Waals surface area contributed by atoms with E-state index in [2.05, 4.69) is 17.2 Å². The summed E-state index contributed by atoms with van der Waals surface area (Å²) in [7, 11) is 1.55. The number of nitrogens with zero attached hydrogens (tertiary/aromatic N) is 3. The minimum absolute atomic E-state index is 0.0184. The molecule has 0 spiro atoms. The number of ether oxygens (including phenoxy) is 2. The van der Waals surface area contributed by atoms with E-state index in [1.807, 2.05) is 23.6 Å². The fourth-order valence-electron chi connectivity index (χ4n) is 3.68. The van der Waals surface area contributed by atoms with Crippen LogP contribution in [0.4, 0.5) is 5.69 Å². The Morgan fingerprint density at radius 2 is 1.97 bits per heavy atom. The van der Waals surface area contributed by atoms with Gasteiger partial charge in [-0.3, -0.25) is 14.6 Å². The summed E-state index contributed by atoms with van der Waals surface area (Å²) in [4.78, 5) is 36.8. The first-order valence-electron chi connectivity index (χ1n) is 11.3. The lowest BCUT2D eigenvalue weighted by molar-refractivity contribution is -0.116. The minimum atomic E-state index is -0.0707. The van der Waals surface area contributed by atoms with Gasteiger partial charge in [0.25, 0.3) is 5.91 Å². The van der Waals surface area contributed by atoms with Gasteiger partial charge in [-0.15, -0.1) is 11.3 Å². The van der Waals surface area contributed by atoms with E-state index in [1.54, 1.807) is 30.5 Å². The summed E-state index contributed by atoms with van der Waals surface area (Å²) in [5.74, 6) is 0.442. The molecule has 178 valence electrons. The zero-order valence-electron chi connectivity index (χ0n) is 19.4. The molecule has 0 radical (unpaired) electrons. The molecule has 1 N–H and O–H groups in total. The van der Waals surface area contributed by atoms with E-state index in [9.17, 15) is 9.59 Å². The van der Waals surface area contributed by atoms with Crippen LogP contribution in [0.15, 0.2) is 42.0 Å². The molecule has 3 heterocycles. The van der Waals surface area contributed by atoms with Crippen molar-refractivity contribution in [2.45, 2.75) is 26.2 Å². The van der Waals surface area contributed by atoms with Gasteiger partial charge in [0, 0.05) is 30.5 Å². The van der Waals surface area contributed by atoms with Gasteiger partial charge in [-0.05, 0) is 24.6 Å². The molecule has 1 aliphatic heterocycles. The number of hydrogen-bond acceptors (Lipinski definition) is 7. The second kappa shape index (κ2) is 11.2. The number of thiophene rings is 1. The molecule has 8 nitrogen and oxygen atoms in total. The summed E-state index contributed by atoms with van der Waals surface area (Å²) in [6.07, 6.45) is 5.76. The Kier molecular flexibility index (Phi) is 7.87. The van der Waals surface area contributed by atoms with E-state index in [0.717, 1.165) is 29.0 Å². The summed E-state index contributed by atoms with van der Waals surface area (Å²) in [6.45, 7) is 4.29. The number of nitrogens with one attached hydrogen (secondary N) is 1. The van der Waals surface area contributed by atoms with Crippen LogP contribution < -0.4 is 10.1 Å². The van der Waals surface area contributed by atoms with E-state index in [4.69, 9.17) is 14.5 Å². The largest absolute Gasteiger partial charge is 0.496 e. The fourth-order valence-corrected chi connectivity index (χ4v) is 4.48. The van der Waals surface area contributed by atoms with Crippen LogP contribution in [-0.4, -0.2) is 60.1 Å². The lowest BCUT2D eigenvalue weighted by atomic mass is 10.1. The van der Waals surface area contributed by atoms with Crippen LogP contribution in [0.2, 0.25) is 0 Å². The summed E-state index contributed by atoms with van der Waals surface area (Å²) in [5.41, 5.74) is 3.46. The van der Waals surface area contributed by atoms with Crippen molar-refractivity contribution in [2.75, 3.05) is 38.7 Å². The van der Waals surface area contributed by atoms with Crippen molar-refractivity contribution in [1.82, 2.24) is 14.9 Å². The molecule has 0 bridgehead atoms. The molecule has 1 aliphatic rings. The van der Waals surface area contributed by atoms with Crippen molar-refractivity contribution >= 4 is 28.8 Å². The number of hydrogen-bond donors (Lipinski definition) is 1. The zero-order valence-corrected chi connectivity index (χ0v) is 20.2. The molecule has 34 heavy (non-hydrogen) atoms. The number of carbonyl (C=O) groups excluding carboxylic acids is 2. The molecule has 9 heteroatoms. The molecule has 0 unspecified atom stereocenters. The second-order valence-electron chi connectivity index (χ2n) is 7.96. The Balaban J connectivity index is 1.53. The molecular formula is C25H28N4O4S. The van der Waals surface area contributed by atoms with Gasteiger partial charge >= 0.3 is 0 Å². The van der Waals surface area contributed by atoms with E-state index in [-0.39, 0.29) is 11.8 Å². The number of aromatic nitrogens is 2. The van der Waals surface area contributed by atoms with Gasteiger partial charge in [0.2, 0.25) is 5.91 Å². The monoisotopic (exact) mass is 480 g/mol. The normalized spacial score (nSPS) is 13.5.